The first-order chi connectivity index (χ1) is 15.4. The zero-order valence-electron chi connectivity index (χ0n) is 23.2. The van der Waals surface area contributed by atoms with Crippen molar-refractivity contribution in [3.8, 4) is 0 Å². The summed E-state index contributed by atoms with van der Waals surface area (Å²) in [4.78, 5) is 0. The van der Waals surface area contributed by atoms with Crippen molar-refractivity contribution < 1.29 is 0 Å². The molecule has 0 heterocycles. The molecule has 0 saturated heterocycles. The highest BCUT2D eigenvalue weighted by molar-refractivity contribution is 5.23. The summed E-state index contributed by atoms with van der Waals surface area (Å²) < 4.78 is 0. The Morgan fingerprint density at radius 2 is 1.58 bits per heavy atom. The molecule has 11 atom stereocenters. The Bertz CT molecular complexity index is 822. The van der Waals surface area contributed by atoms with Crippen molar-refractivity contribution in [1.82, 2.24) is 0 Å². The van der Waals surface area contributed by atoms with E-state index in [4.69, 9.17) is 0 Å². The van der Waals surface area contributed by atoms with Crippen molar-refractivity contribution >= 4 is 0 Å². The molecule has 33 heavy (non-hydrogen) atoms. The molecule has 5 aliphatic carbocycles. The monoisotopic (exact) mass is 450 g/mol. The van der Waals surface area contributed by atoms with Crippen LogP contribution >= 0.6 is 0 Å². The quantitative estimate of drug-likeness (QED) is 0.375. The highest BCUT2D eigenvalue weighted by Crippen LogP contribution is 2.78. The fraction of sp³-hybridized carbons (Fsp3) is 0.879. The van der Waals surface area contributed by atoms with Crippen molar-refractivity contribution in [2.75, 3.05) is 0 Å². The second-order valence-electron chi connectivity index (χ2n) is 14.9. The van der Waals surface area contributed by atoms with Gasteiger partial charge in [0.15, 0.2) is 0 Å². The highest BCUT2D eigenvalue weighted by Gasteiger charge is 2.70. The van der Waals surface area contributed by atoms with Crippen LogP contribution in [0.5, 0.6) is 0 Å². The molecule has 0 spiro atoms. The lowest BCUT2D eigenvalue weighted by Gasteiger charge is -2.73. The molecule has 0 heteroatoms. The van der Waals surface area contributed by atoms with Crippen LogP contribution < -0.4 is 0 Å². The molecular weight excluding hydrogens is 396 g/mol. The average molecular weight is 451 g/mol. The molecule has 4 unspecified atom stereocenters. The SMILES string of the molecule is C=C[C@]12CCC(C(=C)C)C1C1CCC3[C@@]4(C)CC[C@H](C)[C@@](C)(CC)[C@@H]4CC[C@@]3(C)[C@]1(C)CC2. The predicted octanol–water partition coefficient (Wildman–Crippen LogP) is 9.86. The summed E-state index contributed by atoms with van der Waals surface area (Å²) in [5.74, 6) is 5.08. The van der Waals surface area contributed by atoms with E-state index >= 15 is 0 Å². The Morgan fingerprint density at radius 1 is 0.848 bits per heavy atom. The molecule has 5 rings (SSSR count). The van der Waals surface area contributed by atoms with Gasteiger partial charge in [0.05, 0.1) is 0 Å². The summed E-state index contributed by atoms with van der Waals surface area (Å²) in [6.45, 7) is 27.3. The van der Waals surface area contributed by atoms with E-state index in [0.717, 1.165) is 35.5 Å². The zero-order chi connectivity index (χ0) is 24.0. The Labute approximate surface area is 206 Å². The molecule has 186 valence electrons. The van der Waals surface area contributed by atoms with E-state index in [1.807, 2.05) is 0 Å². The fourth-order valence-corrected chi connectivity index (χ4v) is 12.1. The van der Waals surface area contributed by atoms with Crippen molar-refractivity contribution in [2.24, 2.45) is 62.6 Å². The molecule has 5 aliphatic rings. The van der Waals surface area contributed by atoms with Gasteiger partial charge in [-0.05, 0) is 134 Å². The van der Waals surface area contributed by atoms with Gasteiger partial charge in [-0.15, -0.1) is 6.58 Å². The van der Waals surface area contributed by atoms with Crippen LogP contribution in [0.3, 0.4) is 0 Å². The first-order valence-electron chi connectivity index (χ1n) is 14.7. The fourth-order valence-electron chi connectivity index (χ4n) is 12.1. The second kappa shape index (κ2) is 7.49. The van der Waals surface area contributed by atoms with Crippen LogP contribution in [0.2, 0.25) is 0 Å². The highest BCUT2D eigenvalue weighted by atomic mass is 14.7. The molecule has 0 aromatic heterocycles. The van der Waals surface area contributed by atoms with Gasteiger partial charge in [-0.25, -0.2) is 0 Å². The third-order valence-corrected chi connectivity index (χ3v) is 14.6. The van der Waals surface area contributed by atoms with Gasteiger partial charge in [0.2, 0.25) is 0 Å². The van der Waals surface area contributed by atoms with E-state index in [2.05, 4.69) is 67.7 Å². The Hall–Kier alpha value is -0.520. The lowest BCUT2D eigenvalue weighted by Crippen LogP contribution is -2.66. The Morgan fingerprint density at radius 3 is 2.21 bits per heavy atom. The molecule has 5 fully saturated rings. The molecule has 0 aromatic carbocycles. The predicted molar refractivity (Wildman–Crippen MR) is 143 cm³/mol. The van der Waals surface area contributed by atoms with Crippen LogP contribution in [-0.2, 0) is 0 Å². The third-order valence-electron chi connectivity index (χ3n) is 14.6. The van der Waals surface area contributed by atoms with E-state index in [1.54, 1.807) is 0 Å². The van der Waals surface area contributed by atoms with E-state index < -0.39 is 0 Å². The summed E-state index contributed by atoms with van der Waals surface area (Å²) in [6.07, 6.45) is 18.1. The molecular formula is C33H54. The summed E-state index contributed by atoms with van der Waals surface area (Å²) >= 11 is 0. The molecule has 0 radical (unpaired) electrons. The lowest BCUT2D eigenvalue weighted by atomic mass is 9.31. The van der Waals surface area contributed by atoms with Crippen molar-refractivity contribution in [3.63, 3.8) is 0 Å². The van der Waals surface area contributed by atoms with E-state index in [9.17, 15) is 0 Å². The van der Waals surface area contributed by atoms with Gasteiger partial charge in [0.1, 0.15) is 0 Å². The minimum atomic E-state index is 0.388. The Balaban J connectivity index is 1.55. The largest absolute Gasteiger partial charge is 0.103 e. The van der Waals surface area contributed by atoms with Gasteiger partial charge in [-0.1, -0.05) is 66.2 Å². The van der Waals surface area contributed by atoms with Crippen molar-refractivity contribution in [3.05, 3.63) is 24.8 Å². The zero-order valence-corrected chi connectivity index (χ0v) is 23.2. The van der Waals surface area contributed by atoms with Crippen LogP contribution in [-0.4, -0.2) is 0 Å². The maximum atomic E-state index is 4.52. The van der Waals surface area contributed by atoms with Crippen molar-refractivity contribution in [1.29, 1.82) is 0 Å². The van der Waals surface area contributed by atoms with Gasteiger partial charge in [0.25, 0.3) is 0 Å². The van der Waals surface area contributed by atoms with Crippen LogP contribution in [0.1, 0.15) is 119 Å². The van der Waals surface area contributed by atoms with E-state index in [-0.39, 0.29) is 0 Å². The average Bonchev–Trinajstić information content (AvgIpc) is 3.17. The van der Waals surface area contributed by atoms with E-state index in [0.29, 0.717) is 27.1 Å². The molecule has 0 amide bonds. The number of hydrogen-bond donors (Lipinski definition) is 0. The second-order valence-corrected chi connectivity index (χ2v) is 14.9. The topological polar surface area (TPSA) is 0 Å². The minimum Gasteiger partial charge on any atom is -0.103 e. The normalized spacial score (nSPS) is 57.9. The number of allylic oxidation sites excluding steroid dienone is 2. The van der Waals surface area contributed by atoms with Crippen molar-refractivity contribution in [2.45, 2.75) is 119 Å². The molecule has 0 N–H and O–H groups in total. The molecule has 0 aromatic rings. The first-order valence-corrected chi connectivity index (χ1v) is 14.7. The summed E-state index contributed by atoms with van der Waals surface area (Å²) in [5.41, 5.74) is 3.88. The molecule has 0 bridgehead atoms. The van der Waals surface area contributed by atoms with Gasteiger partial charge >= 0.3 is 0 Å². The first kappa shape index (κ1) is 24.2. The van der Waals surface area contributed by atoms with Crippen LogP contribution in [0.25, 0.3) is 0 Å². The number of fused-ring (bicyclic) bond motifs is 7. The molecule has 5 saturated carbocycles. The summed E-state index contributed by atoms with van der Waals surface area (Å²) in [7, 11) is 0. The van der Waals surface area contributed by atoms with Gasteiger partial charge in [-0.3, -0.25) is 0 Å². The molecule has 0 aliphatic heterocycles. The Kier molecular flexibility index (Phi) is 5.49. The smallest absolute Gasteiger partial charge is 0.00837 e. The van der Waals surface area contributed by atoms with Gasteiger partial charge in [-0.2, -0.15) is 0 Å². The summed E-state index contributed by atoms with van der Waals surface area (Å²) in [6, 6.07) is 0. The van der Waals surface area contributed by atoms with Crippen LogP contribution in [0.15, 0.2) is 24.8 Å². The van der Waals surface area contributed by atoms with Crippen LogP contribution in [0.4, 0.5) is 0 Å². The lowest BCUT2D eigenvalue weighted by molar-refractivity contribution is -0.241. The van der Waals surface area contributed by atoms with E-state index in [1.165, 1.54) is 76.2 Å². The maximum Gasteiger partial charge on any atom is -0.00837 e. The summed E-state index contributed by atoms with van der Waals surface area (Å²) in [5, 5.41) is 0. The number of rotatable bonds is 3. The standard InChI is InChI=1S/C33H54/c1-10-29(6)23(5)14-17-30(7)26(29)16-18-32(9)27(30)13-12-25-28-24(22(3)4)15-19-33(28,11-2)21-20-31(25,32)8/h11,23-28H,2-3,10,12-21H2,1,4-9H3/t23-,24?,25?,26-,27?,28?,29+,30-,31+,32+,33+/m0/s1. The minimum absolute atomic E-state index is 0.388. The van der Waals surface area contributed by atoms with Crippen LogP contribution in [0, 0.1) is 62.6 Å². The maximum absolute atomic E-state index is 4.52. The molecule has 0 nitrogen and oxygen atoms in total. The van der Waals surface area contributed by atoms with Gasteiger partial charge in [0, 0.05) is 0 Å². The number of hydrogen-bond acceptors (Lipinski definition) is 0. The van der Waals surface area contributed by atoms with Gasteiger partial charge < -0.3 is 0 Å². The third kappa shape index (κ3) is 2.82.